The van der Waals surface area contributed by atoms with E-state index in [0.717, 1.165) is 43.0 Å². The Morgan fingerprint density at radius 2 is 2.25 bits per heavy atom. The van der Waals surface area contributed by atoms with Crippen molar-refractivity contribution in [2.24, 2.45) is 7.05 Å². The minimum atomic E-state index is 0.813. The number of nitrogen functional groups attached to an aromatic ring is 1. The van der Waals surface area contributed by atoms with E-state index < -0.39 is 0 Å². The van der Waals surface area contributed by atoms with Crippen LogP contribution in [0.4, 0.5) is 11.5 Å². The molecule has 1 aromatic rings. The van der Waals surface area contributed by atoms with Crippen molar-refractivity contribution in [2.45, 2.75) is 26.2 Å². The molecular weight excluding hydrogens is 220 g/mol. The van der Waals surface area contributed by atoms with E-state index in [1.807, 2.05) is 23.5 Å². The number of rotatable bonds is 7. The number of nitrogens with one attached hydrogen (secondary N) is 1. The summed E-state index contributed by atoms with van der Waals surface area (Å²) in [4.78, 5) is 0. The maximum absolute atomic E-state index is 6.05. The third kappa shape index (κ3) is 3.33. The van der Waals surface area contributed by atoms with Crippen molar-refractivity contribution in [2.75, 3.05) is 29.6 Å². The van der Waals surface area contributed by atoms with E-state index in [9.17, 15) is 0 Å². The minimum Gasteiger partial charge on any atom is -0.394 e. The van der Waals surface area contributed by atoms with Gasteiger partial charge in [-0.2, -0.15) is 16.9 Å². The fraction of sp³-hybridized carbons (Fsp3) is 0.727. The van der Waals surface area contributed by atoms with E-state index in [-0.39, 0.29) is 0 Å². The van der Waals surface area contributed by atoms with Crippen molar-refractivity contribution in [3.63, 3.8) is 0 Å². The quantitative estimate of drug-likeness (QED) is 0.719. The first-order valence-electron chi connectivity index (χ1n) is 5.74. The van der Waals surface area contributed by atoms with Crippen molar-refractivity contribution >= 4 is 23.3 Å². The van der Waals surface area contributed by atoms with Crippen LogP contribution in [0.5, 0.6) is 0 Å². The van der Waals surface area contributed by atoms with Gasteiger partial charge in [-0.15, -0.1) is 0 Å². The molecule has 0 aliphatic carbocycles. The van der Waals surface area contributed by atoms with Gasteiger partial charge in [-0.3, -0.25) is 4.68 Å². The van der Waals surface area contributed by atoms with Crippen LogP contribution in [0.3, 0.4) is 0 Å². The maximum Gasteiger partial charge on any atom is 0.147 e. The fourth-order valence-electron chi connectivity index (χ4n) is 1.65. The Labute approximate surface area is 102 Å². The molecule has 5 heteroatoms. The van der Waals surface area contributed by atoms with E-state index in [1.54, 1.807) is 0 Å². The van der Waals surface area contributed by atoms with Gasteiger partial charge in [-0.05, 0) is 24.9 Å². The van der Waals surface area contributed by atoms with Gasteiger partial charge in [-0.25, -0.2) is 0 Å². The number of anilines is 2. The molecule has 0 saturated carbocycles. The molecule has 0 unspecified atom stereocenters. The Bertz CT molecular complexity index is 322. The zero-order chi connectivity index (χ0) is 12.0. The number of aryl methyl sites for hydroxylation is 2. The van der Waals surface area contributed by atoms with Gasteiger partial charge in [0, 0.05) is 13.6 Å². The van der Waals surface area contributed by atoms with Gasteiger partial charge in [0.05, 0.1) is 11.4 Å². The average molecular weight is 242 g/mol. The standard InChI is InChI=1S/C11H22N4S/c1-4-6-9-10(12)11(15(2)14-9)13-7-5-8-16-3/h13H,4-8,12H2,1-3H3. The second kappa shape index (κ2) is 6.68. The lowest BCUT2D eigenvalue weighted by Gasteiger charge is -2.06. The average Bonchev–Trinajstić information content (AvgIpc) is 2.52. The molecule has 0 bridgehead atoms. The molecule has 0 atom stereocenters. The van der Waals surface area contributed by atoms with Crippen LogP contribution < -0.4 is 11.1 Å². The lowest BCUT2D eigenvalue weighted by atomic mass is 10.2. The van der Waals surface area contributed by atoms with Gasteiger partial charge >= 0.3 is 0 Å². The molecule has 1 heterocycles. The molecule has 16 heavy (non-hydrogen) atoms. The highest BCUT2D eigenvalue weighted by Crippen LogP contribution is 2.22. The highest BCUT2D eigenvalue weighted by molar-refractivity contribution is 7.98. The Kier molecular flexibility index (Phi) is 5.52. The normalized spacial score (nSPS) is 10.7. The molecule has 0 fully saturated rings. The zero-order valence-electron chi connectivity index (χ0n) is 10.4. The molecule has 1 rings (SSSR count). The van der Waals surface area contributed by atoms with E-state index in [4.69, 9.17) is 5.73 Å². The SMILES string of the molecule is CCCc1nn(C)c(NCCCSC)c1N. The number of thioether (sulfide) groups is 1. The van der Waals surface area contributed by atoms with Crippen molar-refractivity contribution in [3.8, 4) is 0 Å². The van der Waals surface area contributed by atoms with Gasteiger partial charge in [0.25, 0.3) is 0 Å². The van der Waals surface area contributed by atoms with Crippen LogP contribution in [-0.4, -0.2) is 28.3 Å². The van der Waals surface area contributed by atoms with E-state index in [2.05, 4.69) is 23.6 Å². The van der Waals surface area contributed by atoms with Gasteiger partial charge < -0.3 is 11.1 Å². The second-order valence-electron chi connectivity index (χ2n) is 3.86. The number of nitrogens with zero attached hydrogens (tertiary/aromatic N) is 2. The lowest BCUT2D eigenvalue weighted by molar-refractivity contribution is 0.734. The summed E-state index contributed by atoms with van der Waals surface area (Å²) in [6, 6.07) is 0. The highest BCUT2D eigenvalue weighted by Gasteiger charge is 2.11. The first kappa shape index (κ1) is 13.2. The molecule has 0 saturated heterocycles. The van der Waals surface area contributed by atoms with Crippen LogP contribution in [0.1, 0.15) is 25.5 Å². The zero-order valence-corrected chi connectivity index (χ0v) is 11.2. The minimum absolute atomic E-state index is 0.813. The van der Waals surface area contributed by atoms with Crippen LogP contribution in [0.15, 0.2) is 0 Å². The summed E-state index contributed by atoms with van der Waals surface area (Å²) in [7, 11) is 1.94. The largest absolute Gasteiger partial charge is 0.394 e. The molecule has 4 nitrogen and oxygen atoms in total. The van der Waals surface area contributed by atoms with Crippen molar-refractivity contribution in [1.29, 1.82) is 0 Å². The third-order valence-corrected chi connectivity index (χ3v) is 3.16. The maximum atomic E-state index is 6.05. The summed E-state index contributed by atoms with van der Waals surface area (Å²) < 4.78 is 1.85. The molecule has 0 amide bonds. The Hall–Kier alpha value is -0.840. The number of hydrogen-bond donors (Lipinski definition) is 2. The molecule has 0 aliphatic rings. The molecule has 0 radical (unpaired) electrons. The van der Waals surface area contributed by atoms with Gasteiger partial charge in [0.1, 0.15) is 5.82 Å². The van der Waals surface area contributed by atoms with Crippen molar-refractivity contribution in [3.05, 3.63) is 5.69 Å². The summed E-state index contributed by atoms with van der Waals surface area (Å²) in [5.41, 5.74) is 7.88. The number of nitrogens with two attached hydrogens (primary N) is 1. The van der Waals surface area contributed by atoms with Crippen LogP contribution in [0.2, 0.25) is 0 Å². The molecule has 92 valence electrons. The predicted molar refractivity (Wildman–Crippen MR) is 73.1 cm³/mol. The second-order valence-corrected chi connectivity index (χ2v) is 4.84. The summed E-state index contributed by atoms with van der Waals surface area (Å²) in [6.45, 7) is 3.09. The van der Waals surface area contributed by atoms with Gasteiger partial charge in [0.15, 0.2) is 0 Å². The molecule has 0 spiro atoms. The first-order chi connectivity index (χ1) is 7.70. The number of aromatic nitrogens is 2. The van der Waals surface area contributed by atoms with Crippen molar-refractivity contribution in [1.82, 2.24) is 9.78 Å². The van der Waals surface area contributed by atoms with Crippen LogP contribution >= 0.6 is 11.8 Å². The topological polar surface area (TPSA) is 55.9 Å². The summed E-state index contributed by atoms with van der Waals surface area (Å²) in [6.07, 6.45) is 5.30. The molecule has 0 aromatic carbocycles. The van der Waals surface area contributed by atoms with E-state index >= 15 is 0 Å². The Morgan fingerprint density at radius 3 is 2.88 bits per heavy atom. The monoisotopic (exact) mass is 242 g/mol. The summed E-state index contributed by atoms with van der Waals surface area (Å²) in [5, 5.41) is 7.78. The Morgan fingerprint density at radius 1 is 1.50 bits per heavy atom. The summed E-state index contributed by atoms with van der Waals surface area (Å²) >= 11 is 1.86. The fourth-order valence-corrected chi connectivity index (χ4v) is 2.08. The molecule has 0 aliphatic heterocycles. The van der Waals surface area contributed by atoms with E-state index in [1.165, 1.54) is 5.75 Å². The first-order valence-corrected chi connectivity index (χ1v) is 7.14. The predicted octanol–water partition coefficient (Wildman–Crippen LogP) is 2.12. The van der Waals surface area contributed by atoms with E-state index in [0.29, 0.717) is 0 Å². The Balaban J connectivity index is 2.57. The highest BCUT2D eigenvalue weighted by atomic mass is 32.2. The number of hydrogen-bond acceptors (Lipinski definition) is 4. The molecule has 1 aromatic heterocycles. The molecular formula is C11H22N4S. The van der Waals surface area contributed by atoms with Gasteiger partial charge in [0.2, 0.25) is 0 Å². The molecule has 3 N–H and O–H groups in total. The smallest absolute Gasteiger partial charge is 0.147 e. The van der Waals surface area contributed by atoms with Gasteiger partial charge in [-0.1, -0.05) is 13.3 Å². The third-order valence-electron chi connectivity index (χ3n) is 2.46. The van der Waals surface area contributed by atoms with Crippen LogP contribution in [0, 0.1) is 0 Å². The van der Waals surface area contributed by atoms with Crippen LogP contribution in [-0.2, 0) is 13.5 Å². The lowest BCUT2D eigenvalue weighted by Crippen LogP contribution is -2.08. The summed E-state index contributed by atoms with van der Waals surface area (Å²) in [5.74, 6) is 2.14. The van der Waals surface area contributed by atoms with Crippen molar-refractivity contribution < 1.29 is 0 Å². The van der Waals surface area contributed by atoms with Crippen LogP contribution in [0.25, 0.3) is 0 Å².